The molecule has 0 radical (unpaired) electrons. The monoisotopic (exact) mass is 145 g/mol. The van der Waals surface area contributed by atoms with Gasteiger partial charge in [0.25, 0.3) is 0 Å². The first kappa shape index (κ1) is 7.42. The molecular formula is C7H15NS. The number of rotatable bonds is 3. The molecule has 2 heteroatoms. The van der Waals surface area contributed by atoms with E-state index in [0.29, 0.717) is 0 Å². The number of hydrogen-bond acceptors (Lipinski definition) is 2. The fourth-order valence-corrected chi connectivity index (χ4v) is 2.35. The zero-order chi connectivity index (χ0) is 6.53. The lowest BCUT2D eigenvalue weighted by atomic mass is 10.2. The fraction of sp³-hybridized carbons (Fsp3) is 1.00. The van der Waals surface area contributed by atoms with Crippen LogP contribution in [0.2, 0.25) is 0 Å². The molecule has 1 fully saturated rings. The Hall–Kier alpha value is 0.310. The maximum Gasteiger partial charge on any atom is 0.0172 e. The van der Waals surface area contributed by atoms with Gasteiger partial charge in [-0.3, -0.25) is 0 Å². The van der Waals surface area contributed by atoms with Crippen molar-refractivity contribution in [2.45, 2.75) is 25.0 Å². The Morgan fingerprint density at radius 2 is 2.56 bits per heavy atom. The molecule has 0 aromatic carbocycles. The number of nitrogens with one attached hydrogen (secondary N) is 1. The molecule has 0 aromatic rings. The average Bonchev–Trinajstić information content (AvgIpc) is 2.34. The Labute approximate surface area is 61.6 Å². The Kier molecular flexibility index (Phi) is 3.44. The third-order valence-corrected chi connectivity index (χ3v) is 3.04. The largest absolute Gasteiger partial charge is 0.316 e. The molecule has 0 aromatic heterocycles. The molecule has 9 heavy (non-hydrogen) atoms. The van der Waals surface area contributed by atoms with E-state index in [1.807, 2.05) is 0 Å². The van der Waals surface area contributed by atoms with Crippen LogP contribution in [0.3, 0.4) is 0 Å². The first-order valence-corrected chi connectivity index (χ1v) is 4.80. The Morgan fingerprint density at radius 1 is 1.67 bits per heavy atom. The zero-order valence-corrected chi connectivity index (χ0v) is 6.84. The van der Waals surface area contributed by atoms with Gasteiger partial charge < -0.3 is 5.32 Å². The van der Waals surface area contributed by atoms with Crippen LogP contribution in [0.15, 0.2) is 0 Å². The van der Waals surface area contributed by atoms with E-state index < -0.39 is 0 Å². The highest BCUT2D eigenvalue weighted by atomic mass is 32.2. The third-order valence-electron chi connectivity index (χ3n) is 1.65. The van der Waals surface area contributed by atoms with E-state index in [2.05, 4.69) is 24.0 Å². The summed E-state index contributed by atoms with van der Waals surface area (Å²) < 4.78 is 0. The van der Waals surface area contributed by atoms with Crippen molar-refractivity contribution in [2.75, 3.05) is 18.8 Å². The molecule has 0 spiro atoms. The van der Waals surface area contributed by atoms with Gasteiger partial charge in [0.05, 0.1) is 0 Å². The van der Waals surface area contributed by atoms with Crippen molar-refractivity contribution >= 4 is 11.8 Å². The van der Waals surface area contributed by atoms with Crippen LogP contribution in [0, 0.1) is 0 Å². The highest BCUT2D eigenvalue weighted by Gasteiger charge is 2.13. The minimum absolute atomic E-state index is 0.921. The maximum atomic E-state index is 3.37. The van der Waals surface area contributed by atoms with E-state index in [9.17, 15) is 0 Å². The van der Waals surface area contributed by atoms with Crippen molar-refractivity contribution in [1.82, 2.24) is 5.32 Å². The average molecular weight is 145 g/mol. The van der Waals surface area contributed by atoms with E-state index in [1.54, 1.807) is 0 Å². The van der Waals surface area contributed by atoms with Crippen LogP contribution in [-0.2, 0) is 0 Å². The molecule has 1 saturated heterocycles. The van der Waals surface area contributed by atoms with Crippen molar-refractivity contribution in [3.05, 3.63) is 0 Å². The lowest BCUT2D eigenvalue weighted by Gasteiger charge is -2.06. The topological polar surface area (TPSA) is 12.0 Å². The molecule has 1 nitrogen and oxygen atoms in total. The van der Waals surface area contributed by atoms with Crippen molar-refractivity contribution in [1.29, 1.82) is 0 Å². The summed E-state index contributed by atoms with van der Waals surface area (Å²) in [6, 6.07) is 0. The molecule has 1 unspecified atom stereocenters. The third kappa shape index (κ3) is 2.59. The molecule has 1 N–H and O–H groups in total. The van der Waals surface area contributed by atoms with Gasteiger partial charge in [0.2, 0.25) is 0 Å². The van der Waals surface area contributed by atoms with E-state index in [1.165, 1.54) is 25.1 Å². The zero-order valence-electron chi connectivity index (χ0n) is 6.02. The first-order valence-electron chi connectivity index (χ1n) is 3.76. The van der Waals surface area contributed by atoms with E-state index in [4.69, 9.17) is 0 Å². The second-order valence-electron chi connectivity index (χ2n) is 2.44. The van der Waals surface area contributed by atoms with Crippen LogP contribution in [0.4, 0.5) is 0 Å². The van der Waals surface area contributed by atoms with Crippen molar-refractivity contribution in [3.63, 3.8) is 0 Å². The minimum atomic E-state index is 0.921. The SMILES string of the molecule is CCNCC1CCCS1. The van der Waals surface area contributed by atoms with E-state index in [0.717, 1.165) is 11.8 Å². The van der Waals surface area contributed by atoms with Gasteiger partial charge in [0.1, 0.15) is 0 Å². The van der Waals surface area contributed by atoms with Gasteiger partial charge in [-0.05, 0) is 25.1 Å². The molecule has 0 aliphatic carbocycles. The summed E-state index contributed by atoms with van der Waals surface area (Å²) in [6.45, 7) is 4.51. The lowest BCUT2D eigenvalue weighted by molar-refractivity contribution is 0.666. The summed E-state index contributed by atoms with van der Waals surface area (Å²) in [6.07, 6.45) is 2.86. The van der Waals surface area contributed by atoms with Gasteiger partial charge >= 0.3 is 0 Å². The van der Waals surface area contributed by atoms with Gasteiger partial charge in [-0.2, -0.15) is 11.8 Å². The highest BCUT2D eigenvalue weighted by molar-refractivity contribution is 8.00. The molecule has 1 aliphatic heterocycles. The minimum Gasteiger partial charge on any atom is -0.316 e. The van der Waals surface area contributed by atoms with Gasteiger partial charge in [0.15, 0.2) is 0 Å². The first-order chi connectivity index (χ1) is 4.43. The Bertz CT molecular complexity index is 69.3. The van der Waals surface area contributed by atoms with Crippen molar-refractivity contribution < 1.29 is 0 Å². The summed E-state index contributed by atoms with van der Waals surface area (Å²) in [4.78, 5) is 0. The molecule has 54 valence electrons. The summed E-state index contributed by atoms with van der Waals surface area (Å²) in [5, 5.41) is 4.29. The fourth-order valence-electron chi connectivity index (χ4n) is 1.11. The van der Waals surface area contributed by atoms with Crippen LogP contribution in [0.25, 0.3) is 0 Å². The molecule has 1 atom stereocenters. The molecule has 1 aliphatic rings. The van der Waals surface area contributed by atoms with E-state index in [-0.39, 0.29) is 0 Å². The lowest BCUT2D eigenvalue weighted by Crippen LogP contribution is -2.22. The number of thioether (sulfide) groups is 1. The maximum absolute atomic E-state index is 3.37. The quantitative estimate of drug-likeness (QED) is 0.646. The van der Waals surface area contributed by atoms with Gasteiger partial charge in [0, 0.05) is 11.8 Å². The Morgan fingerprint density at radius 3 is 3.11 bits per heavy atom. The summed E-state index contributed by atoms with van der Waals surface area (Å²) in [5.41, 5.74) is 0. The second-order valence-corrected chi connectivity index (χ2v) is 3.85. The van der Waals surface area contributed by atoms with Gasteiger partial charge in [-0.1, -0.05) is 6.92 Å². The Balaban J connectivity index is 1.98. The van der Waals surface area contributed by atoms with Crippen LogP contribution in [0.5, 0.6) is 0 Å². The molecule has 1 heterocycles. The van der Waals surface area contributed by atoms with Crippen molar-refractivity contribution in [2.24, 2.45) is 0 Å². The van der Waals surface area contributed by atoms with E-state index >= 15 is 0 Å². The summed E-state index contributed by atoms with van der Waals surface area (Å²) >= 11 is 2.12. The van der Waals surface area contributed by atoms with Crippen LogP contribution in [-0.4, -0.2) is 24.1 Å². The van der Waals surface area contributed by atoms with Crippen molar-refractivity contribution in [3.8, 4) is 0 Å². The van der Waals surface area contributed by atoms with Gasteiger partial charge in [-0.25, -0.2) is 0 Å². The standard InChI is InChI=1S/C7H15NS/c1-2-8-6-7-4-3-5-9-7/h7-8H,2-6H2,1H3. The van der Waals surface area contributed by atoms with Gasteiger partial charge in [-0.15, -0.1) is 0 Å². The second kappa shape index (κ2) is 4.18. The highest BCUT2D eigenvalue weighted by Crippen LogP contribution is 2.24. The van der Waals surface area contributed by atoms with Crippen LogP contribution in [0.1, 0.15) is 19.8 Å². The summed E-state index contributed by atoms with van der Waals surface area (Å²) in [7, 11) is 0. The molecular weight excluding hydrogens is 130 g/mol. The normalized spacial score (nSPS) is 27.0. The summed E-state index contributed by atoms with van der Waals surface area (Å²) in [5.74, 6) is 1.38. The van der Waals surface area contributed by atoms with Crippen LogP contribution < -0.4 is 5.32 Å². The van der Waals surface area contributed by atoms with Crippen LogP contribution >= 0.6 is 11.8 Å². The predicted octanol–water partition coefficient (Wildman–Crippen LogP) is 1.49. The smallest absolute Gasteiger partial charge is 0.0172 e. The molecule has 0 saturated carbocycles. The molecule has 1 rings (SSSR count). The predicted molar refractivity (Wildman–Crippen MR) is 44.0 cm³/mol. The molecule has 0 bridgehead atoms. The molecule has 0 amide bonds. The number of hydrogen-bond donors (Lipinski definition) is 1.